The predicted molar refractivity (Wildman–Crippen MR) is 55.9 cm³/mol. The van der Waals surface area contributed by atoms with E-state index >= 15 is 0 Å². The quantitative estimate of drug-likeness (QED) is 0.724. The van der Waals surface area contributed by atoms with Crippen LogP contribution in [-0.2, 0) is 16.0 Å². The van der Waals surface area contributed by atoms with Crippen LogP contribution in [0.5, 0.6) is 0 Å². The minimum atomic E-state index is -0.592. The number of benzene rings is 1. The fourth-order valence-electron chi connectivity index (χ4n) is 1.43. The summed E-state index contributed by atoms with van der Waals surface area (Å²) in [6, 6.07) is 3.37. The van der Waals surface area contributed by atoms with Gasteiger partial charge in [-0.2, -0.15) is 0 Å². The normalized spacial score (nSPS) is 10.2. The van der Waals surface area contributed by atoms with Crippen molar-refractivity contribution in [3.63, 3.8) is 0 Å². The van der Waals surface area contributed by atoms with Crippen molar-refractivity contribution in [3.8, 4) is 0 Å². The van der Waals surface area contributed by atoms with Gasteiger partial charge in [-0.3, -0.25) is 4.79 Å². The summed E-state index contributed by atoms with van der Waals surface area (Å²) >= 11 is 0. The third kappa shape index (κ3) is 4.38. The molecule has 0 N–H and O–H groups in total. The van der Waals surface area contributed by atoms with Crippen molar-refractivity contribution in [2.24, 2.45) is 0 Å². The molecule has 0 fully saturated rings. The number of rotatable bonds is 5. The van der Waals surface area contributed by atoms with Gasteiger partial charge in [0.15, 0.2) is 0 Å². The van der Waals surface area contributed by atoms with Gasteiger partial charge in [0, 0.05) is 12.5 Å². The maximum absolute atomic E-state index is 12.8. The molecular formula is C12H14F2O2. The summed E-state index contributed by atoms with van der Waals surface area (Å²) in [6.07, 6.45) is 1.27. The van der Waals surface area contributed by atoms with E-state index in [2.05, 4.69) is 0 Å². The molecule has 2 nitrogen and oxygen atoms in total. The molecule has 0 unspecified atom stereocenters. The number of carbonyl (C=O) groups excluding carboxylic acids is 1. The van der Waals surface area contributed by atoms with Crippen LogP contribution < -0.4 is 0 Å². The lowest BCUT2D eigenvalue weighted by Gasteiger charge is -2.03. The van der Waals surface area contributed by atoms with E-state index in [0.29, 0.717) is 25.0 Å². The zero-order valence-corrected chi connectivity index (χ0v) is 9.13. The molecule has 16 heavy (non-hydrogen) atoms. The van der Waals surface area contributed by atoms with Crippen LogP contribution in [0.15, 0.2) is 18.2 Å². The van der Waals surface area contributed by atoms with Crippen molar-refractivity contribution in [2.45, 2.75) is 26.2 Å². The molecule has 1 aromatic rings. The SMILES string of the molecule is CCOC(=O)CCCc1cc(F)cc(F)c1. The maximum Gasteiger partial charge on any atom is 0.305 e. The Labute approximate surface area is 93.2 Å². The van der Waals surface area contributed by atoms with Crippen LogP contribution in [0.2, 0.25) is 0 Å². The number of aryl methyl sites for hydroxylation is 1. The van der Waals surface area contributed by atoms with Crippen molar-refractivity contribution in [2.75, 3.05) is 6.61 Å². The molecule has 0 bridgehead atoms. The van der Waals surface area contributed by atoms with Gasteiger partial charge in [0.25, 0.3) is 0 Å². The predicted octanol–water partition coefficient (Wildman–Crippen LogP) is 2.85. The number of ether oxygens (including phenoxy) is 1. The maximum atomic E-state index is 12.8. The van der Waals surface area contributed by atoms with Gasteiger partial charge < -0.3 is 4.74 Å². The van der Waals surface area contributed by atoms with Gasteiger partial charge in [0.2, 0.25) is 0 Å². The first-order chi connectivity index (χ1) is 7.61. The fraction of sp³-hybridized carbons (Fsp3) is 0.417. The molecule has 0 aromatic heterocycles. The van der Waals surface area contributed by atoms with E-state index in [1.807, 2.05) is 0 Å². The highest BCUT2D eigenvalue weighted by molar-refractivity contribution is 5.69. The first kappa shape index (κ1) is 12.6. The van der Waals surface area contributed by atoms with Gasteiger partial charge in [-0.05, 0) is 37.5 Å². The van der Waals surface area contributed by atoms with Crippen LogP contribution in [0.1, 0.15) is 25.3 Å². The van der Waals surface area contributed by atoms with Gasteiger partial charge in [-0.25, -0.2) is 8.78 Å². The van der Waals surface area contributed by atoms with Crippen molar-refractivity contribution in [3.05, 3.63) is 35.4 Å². The Hall–Kier alpha value is -1.45. The molecule has 0 spiro atoms. The van der Waals surface area contributed by atoms with Gasteiger partial charge in [-0.15, -0.1) is 0 Å². The standard InChI is InChI=1S/C12H14F2O2/c1-2-16-12(15)5-3-4-9-6-10(13)8-11(14)7-9/h6-8H,2-5H2,1H3. The van der Waals surface area contributed by atoms with Crippen molar-refractivity contribution in [1.82, 2.24) is 0 Å². The fourth-order valence-corrected chi connectivity index (χ4v) is 1.43. The monoisotopic (exact) mass is 228 g/mol. The number of halogens is 2. The molecule has 0 aliphatic heterocycles. The van der Waals surface area contributed by atoms with Crippen LogP contribution in [0, 0.1) is 11.6 Å². The second kappa shape index (κ2) is 6.20. The van der Waals surface area contributed by atoms with E-state index < -0.39 is 11.6 Å². The summed E-state index contributed by atoms with van der Waals surface area (Å²) in [5.41, 5.74) is 0.557. The largest absolute Gasteiger partial charge is 0.466 e. The molecule has 1 rings (SSSR count). The van der Waals surface area contributed by atoms with Crippen molar-refractivity contribution < 1.29 is 18.3 Å². The Kier molecular flexibility index (Phi) is 4.89. The van der Waals surface area contributed by atoms with Crippen LogP contribution in [-0.4, -0.2) is 12.6 Å². The van der Waals surface area contributed by atoms with Crippen LogP contribution in [0.4, 0.5) is 8.78 Å². The molecular weight excluding hydrogens is 214 g/mol. The first-order valence-electron chi connectivity index (χ1n) is 5.22. The summed E-state index contributed by atoms with van der Waals surface area (Å²) in [5.74, 6) is -1.46. The van der Waals surface area contributed by atoms with E-state index in [0.717, 1.165) is 6.07 Å². The topological polar surface area (TPSA) is 26.3 Å². The first-order valence-corrected chi connectivity index (χ1v) is 5.22. The van der Waals surface area contributed by atoms with E-state index in [1.54, 1.807) is 6.92 Å². The molecule has 0 saturated heterocycles. The lowest BCUT2D eigenvalue weighted by atomic mass is 10.1. The van der Waals surface area contributed by atoms with Crippen LogP contribution in [0.3, 0.4) is 0 Å². The third-order valence-electron chi connectivity index (χ3n) is 2.07. The molecule has 0 aliphatic rings. The number of hydrogen-bond acceptors (Lipinski definition) is 2. The summed E-state index contributed by atoms with van der Waals surface area (Å²) in [5, 5.41) is 0. The smallest absolute Gasteiger partial charge is 0.305 e. The van der Waals surface area contributed by atoms with E-state index in [-0.39, 0.29) is 12.4 Å². The second-order valence-electron chi connectivity index (χ2n) is 3.44. The van der Waals surface area contributed by atoms with E-state index in [9.17, 15) is 13.6 Å². The molecule has 0 atom stereocenters. The number of esters is 1. The molecule has 0 amide bonds. The Bertz CT molecular complexity index is 344. The molecule has 0 saturated carbocycles. The van der Waals surface area contributed by atoms with Crippen LogP contribution in [0.25, 0.3) is 0 Å². The zero-order chi connectivity index (χ0) is 12.0. The van der Waals surface area contributed by atoms with Crippen molar-refractivity contribution in [1.29, 1.82) is 0 Å². The van der Waals surface area contributed by atoms with Gasteiger partial charge >= 0.3 is 5.97 Å². The van der Waals surface area contributed by atoms with E-state index in [4.69, 9.17) is 4.74 Å². The lowest BCUT2D eigenvalue weighted by molar-refractivity contribution is -0.143. The molecule has 0 radical (unpaired) electrons. The number of hydrogen-bond donors (Lipinski definition) is 0. The Morgan fingerprint density at radius 1 is 1.25 bits per heavy atom. The van der Waals surface area contributed by atoms with E-state index in [1.165, 1.54) is 12.1 Å². The van der Waals surface area contributed by atoms with Gasteiger partial charge in [-0.1, -0.05) is 0 Å². The number of carbonyl (C=O) groups is 1. The molecule has 4 heteroatoms. The average molecular weight is 228 g/mol. The molecule has 0 aliphatic carbocycles. The highest BCUT2D eigenvalue weighted by Gasteiger charge is 2.04. The minimum absolute atomic E-state index is 0.270. The highest BCUT2D eigenvalue weighted by Crippen LogP contribution is 2.11. The van der Waals surface area contributed by atoms with Gasteiger partial charge in [0.05, 0.1) is 6.61 Å². The minimum Gasteiger partial charge on any atom is -0.466 e. The lowest BCUT2D eigenvalue weighted by Crippen LogP contribution is -2.04. The second-order valence-corrected chi connectivity index (χ2v) is 3.44. The Balaban J connectivity index is 2.40. The Morgan fingerprint density at radius 3 is 2.44 bits per heavy atom. The third-order valence-corrected chi connectivity index (χ3v) is 2.07. The Morgan fingerprint density at radius 2 is 1.88 bits per heavy atom. The average Bonchev–Trinajstić information content (AvgIpc) is 2.16. The summed E-state index contributed by atoms with van der Waals surface area (Å²) < 4.78 is 30.3. The zero-order valence-electron chi connectivity index (χ0n) is 9.13. The molecule has 0 heterocycles. The summed E-state index contributed by atoms with van der Waals surface area (Å²) in [6.45, 7) is 2.09. The van der Waals surface area contributed by atoms with Gasteiger partial charge in [0.1, 0.15) is 11.6 Å². The summed E-state index contributed by atoms with van der Waals surface area (Å²) in [4.78, 5) is 11.0. The van der Waals surface area contributed by atoms with Crippen molar-refractivity contribution >= 4 is 5.97 Å². The highest BCUT2D eigenvalue weighted by atomic mass is 19.1. The van der Waals surface area contributed by atoms with Crippen LogP contribution >= 0.6 is 0 Å². The summed E-state index contributed by atoms with van der Waals surface area (Å²) in [7, 11) is 0. The molecule has 1 aromatic carbocycles. The molecule has 88 valence electrons.